The Morgan fingerprint density at radius 2 is 1.74 bits per heavy atom. The molecular formula is C17H18FNO4. The number of hydrogen-bond donors (Lipinski definition) is 1. The number of benzene rings is 2. The van der Waals surface area contributed by atoms with Crippen LogP contribution in [-0.4, -0.2) is 32.8 Å². The van der Waals surface area contributed by atoms with Crippen LogP contribution in [0, 0.1) is 5.82 Å². The van der Waals surface area contributed by atoms with Gasteiger partial charge in [0.25, 0.3) is 5.91 Å². The molecule has 2 rings (SSSR count). The van der Waals surface area contributed by atoms with Crippen molar-refractivity contribution in [2.24, 2.45) is 0 Å². The number of ether oxygens (including phenoxy) is 3. The average molecular weight is 319 g/mol. The first kappa shape index (κ1) is 16.6. The van der Waals surface area contributed by atoms with Gasteiger partial charge >= 0.3 is 0 Å². The van der Waals surface area contributed by atoms with Crippen molar-refractivity contribution < 1.29 is 23.4 Å². The monoisotopic (exact) mass is 319 g/mol. The van der Waals surface area contributed by atoms with Crippen molar-refractivity contribution in [3.63, 3.8) is 0 Å². The third-order valence-electron chi connectivity index (χ3n) is 2.93. The number of hydrogen-bond acceptors (Lipinski definition) is 4. The Hall–Kier alpha value is -2.76. The second-order valence-corrected chi connectivity index (χ2v) is 4.59. The maximum Gasteiger partial charge on any atom is 0.258 e. The number of carbonyl (C=O) groups excluding carboxylic acids is 1. The van der Waals surface area contributed by atoms with Crippen LogP contribution in [0.4, 0.5) is 4.39 Å². The van der Waals surface area contributed by atoms with Gasteiger partial charge in [-0.3, -0.25) is 4.79 Å². The SMILES string of the molecule is COc1ccccc1OCCNC(=O)COc1ccc(F)cc1. The molecule has 1 amide bonds. The van der Waals surface area contributed by atoms with Gasteiger partial charge in [-0.05, 0) is 36.4 Å². The molecule has 0 radical (unpaired) electrons. The molecule has 5 nitrogen and oxygen atoms in total. The molecule has 23 heavy (non-hydrogen) atoms. The Morgan fingerprint density at radius 1 is 1.04 bits per heavy atom. The van der Waals surface area contributed by atoms with E-state index < -0.39 is 0 Å². The van der Waals surface area contributed by atoms with Gasteiger partial charge in [-0.1, -0.05) is 12.1 Å². The number of amides is 1. The van der Waals surface area contributed by atoms with Crippen LogP contribution in [0.3, 0.4) is 0 Å². The van der Waals surface area contributed by atoms with E-state index in [0.29, 0.717) is 30.4 Å². The zero-order valence-corrected chi connectivity index (χ0v) is 12.8. The van der Waals surface area contributed by atoms with Crippen molar-refractivity contribution in [3.05, 3.63) is 54.3 Å². The van der Waals surface area contributed by atoms with E-state index in [1.807, 2.05) is 12.1 Å². The van der Waals surface area contributed by atoms with Crippen molar-refractivity contribution in [1.29, 1.82) is 0 Å². The molecule has 0 aromatic heterocycles. The average Bonchev–Trinajstić information content (AvgIpc) is 2.58. The molecule has 0 atom stereocenters. The van der Waals surface area contributed by atoms with E-state index in [4.69, 9.17) is 14.2 Å². The van der Waals surface area contributed by atoms with Crippen LogP contribution in [0.5, 0.6) is 17.2 Å². The molecule has 0 fully saturated rings. The lowest BCUT2D eigenvalue weighted by Gasteiger charge is -2.11. The maximum absolute atomic E-state index is 12.7. The minimum Gasteiger partial charge on any atom is -0.493 e. The van der Waals surface area contributed by atoms with Gasteiger partial charge in [0.2, 0.25) is 0 Å². The first-order valence-corrected chi connectivity index (χ1v) is 7.10. The van der Waals surface area contributed by atoms with E-state index in [0.717, 1.165) is 0 Å². The van der Waals surface area contributed by atoms with Gasteiger partial charge in [-0.15, -0.1) is 0 Å². The van der Waals surface area contributed by atoms with Crippen LogP contribution >= 0.6 is 0 Å². The maximum atomic E-state index is 12.7. The number of carbonyl (C=O) groups is 1. The van der Waals surface area contributed by atoms with Crippen molar-refractivity contribution in [3.8, 4) is 17.2 Å². The summed E-state index contributed by atoms with van der Waals surface area (Å²) in [5, 5.41) is 2.67. The molecule has 0 heterocycles. The summed E-state index contributed by atoms with van der Waals surface area (Å²) in [6, 6.07) is 12.7. The van der Waals surface area contributed by atoms with E-state index in [2.05, 4.69) is 5.32 Å². The summed E-state index contributed by atoms with van der Waals surface area (Å²) in [5.74, 6) is 1.06. The van der Waals surface area contributed by atoms with Gasteiger partial charge in [0.15, 0.2) is 18.1 Å². The van der Waals surface area contributed by atoms with Crippen LogP contribution in [0.1, 0.15) is 0 Å². The highest BCUT2D eigenvalue weighted by Crippen LogP contribution is 2.25. The van der Waals surface area contributed by atoms with E-state index in [9.17, 15) is 9.18 Å². The minimum atomic E-state index is -0.352. The first-order valence-electron chi connectivity index (χ1n) is 7.10. The van der Waals surface area contributed by atoms with E-state index in [1.54, 1.807) is 19.2 Å². The molecule has 0 unspecified atom stereocenters. The summed E-state index contributed by atoms with van der Waals surface area (Å²) in [5.41, 5.74) is 0. The Kier molecular flexibility index (Phi) is 6.23. The highest BCUT2D eigenvalue weighted by molar-refractivity contribution is 5.77. The molecule has 2 aromatic rings. The number of halogens is 1. The zero-order chi connectivity index (χ0) is 16.5. The third kappa shape index (κ3) is 5.50. The predicted octanol–water partition coefficient (Wildman–Crippen LogP) is 2.41. The van der Waals surface area contributed by atoms with Crippen molar-refractivity contribution >= 4 is 5.91 Å². The highest BCUT2D eigenvalue weighted by Gasteiger charge is 2.04. The number of nitrogens with one attached hydrogen (secondary N) is 1. The molecule has 0 saturated heterocycles. The van der Waals surface area contributed by atoms with Gasteiger partial charge in [-0.25, -0.2) is 4.39 Å². The van der Waals surface area contributed by atoms with Crippen LogP contribution < -0.4 is 19.5 Å². The van der Waals surface area contributed by atoms with Gasteiger partial charge in [-0.2, -0.15) is 0 Å². The summed E-state index contributed by atoms with van der Waals surface area (Å²) in [4.78, 5) is 11.6. The molecule has 0 aliphatic carbocycles. The largest absolute Gasteiger partial charge is 0.493 e. The summed E-state index contributed by atoms with van der Waals surface area (Å²) in [7, 11) is 1.57. The Bertz CT molecular complexity index is 631. The molecule has 0 saturated carbocycles. The Labute approximate surface area is 134 Å². The second kappa shape index (κ2) is 8.63. The summed E-state index contributed by atoms with van der Waals surface area (Å²) in [6.07, 6.45) is 0. The lowest BCUT2D eigenvalue weighted by atomic mass is 10.3. The topological polar surface area (TPSA) is 56.8 Å². The molecule has 0 bridgehead atoms. The summed E-state index contributed by atoms with van der Waals surface area (Å²) >= 11 is 0. The van der Waals surface area contributed by atoms with Gasteiger partial charge < -0.3 is 19.5 Å². The lowest BCUT2D eigenvalue weighted by molar-refractivity contribution is -0.123. The molecular weight excluding hydrogens is 301 g/mol. The summed E-state index contributed by atoms with van der Waals surface area (Å²) in [6.45, 7) is 0.507. The van der Waals surface area contributed by atoms with Crippen LogP contribution in [0.15, 0.2) is 48.5 Å². The van der Waals surface area contributed by atoms with Crippen molar-refractivity contribution in [1.82, 2.24) is 5.32 Å². The fourth-order valence-corrected chi connectivity index (χ4v) is 1.82. The van der Waals surface area contributed by atoms with E-state index in [1.165, 1.54) is 24.3 Å². The second-order valence-electron chi connectivity index (χ2n) is 4.59. The highest BCUT2D eigenvalue weighted by atomic mass is 19.1. The van der Waals surface area contributed by atoms with Crippen LogP contribution in [0.2, 0.25) is 0 Å². The van der Waals surface area contributed by atoms with Crippen molar-refractivity contribution in [2.75, 3.05) is 26.9 Å². The molecule has 0 spiro atoms. The van der Waals surface area contributed by atoms with E-state index in [-0.39, 0.29) is 18.3 Å². The van der Waals surface area contributed by atoms with Gasteiger partial charge in [0.05, 0.1) is 13.7 Å². The molecule has 122 valence electrons. The molecule has 2 aromatic carbocycles. The zero-order valence-electron chi connectivity index (χ0n) is 12.8. The minimum absolute atomic E-state index is 0.139. The molecule has 1 N–H and O–H groups in total. The molecule has 0 aliphatic rings. The van der Waals surface area contributed by atoms with Crippen LogP contribution in [0.25, 0.3) is 0 Å². The molecule has 0 aliphatic heterocycles. The Morgan fingerprint density at radius 3 is 2.43 bits per heavy atom. The smallest absolute Gasteiger partial charge is 0.258 e. The Balaban J connectivity index is 1.66. The number of methoxy groups -OCH3 is 1. The quantitative estimate of drug-likeness (QED) is 0.759. The standard InChI is InChI=1S/C17H18FNO4/c1-21-15-4-2-3-5-16(15)22-11-10-19-17(20)12-23-14-8-6-13(18)7-9-14/h2-9H,10-12H2,1H3,(H,19,20). The third-order valence-corrected chi connectivity index (χ3v) is 2.93. The fraction of sp³-hybridized carbons (Fsp3) is 0.235. The van der Waals surface area contributed by atoms with Crippen LogP contribution in [-0.2, 0) is 4.79 Å². The fourth-order valence-electron chi connectivity index (χ4n) is 1.82. The van der Waals surface area contributed by atoms with Gasteiger partial charge in [0.1, 0.15) is 18.2 Å². The lowest BCUT2D eigenvalue weighted by Crippen LogP contribution is -2.32. The molecule has 6 heteroatoms. The number of para-hydroxylation sites is 2. The van der Waals surface area contributed by atoms with Gasteiger partial charge in [0, 0.05) is 0 Å². The van der Waals surface area contributed by atoms with E-state index >= 15 is 0 Å². The normalized spacial score (nSPS) is 10.0. The first-order chi connectivity index (χ1) is 11.2. The summed E-state index contributed by atoms with van der Waals surface area (Å²) < 4.78 is 28.7. The predicted molar refractivity (Wildman–Crippen MR) is 83.4 cm³/mol. The number of rotatable bonds is 8. The van der Waals surface area contributed by atoms with Crippen molar-refractivity contribution in [2.45, 2.75) is 0 Å².